The van der Waals surface area contributed by atoms with Crippen LogP contribution in [-0.4, -0.2) is 5.78 Å². The molecule has 1 saturated carbocycles. The van der Waals surface area contributed by atoms with Crippen LogP contribution in [0.25, 0.3) is 0 Å². The van der Waals surface area contributed by atoms with E-state index >= 15 is 0 Å². The summed E-state index contributed by atoms with van der Waals surface area (Å²) in [7, 11) is 0. The van der Waals surface area contributed by atoms with Crippen LogP contribution in [0.5, 0.6) is 0 Å². The minimum atomic E-state index is 0.388. The maximum Gasteiger partial charge on any atom is 0.158 e. The molecule has 1 fully saturated rings. The fourth-order valence-corrected chi connectivity index (χ4v) is 1.76. The zero-order valence-electron chi connectivity index (χ0n) is 7.39. The highest BCUT2D eigenvalue weighted by Gasteiger charge is 2.25. The van der Waals surface area contributed by atoms with Gasteiger partial charge in [-0.2, -0.15) is 0 Å². The summed E-state index contributed by atoms with van der Waals surface area (Å²) in [6.45, 7) is 4.25. The molecule has 0 aromatic rings. The van der Waals surface area contributed by atoms with Crippen molar-refractivity contribution in [2.24, 2.45) is 5.92 Å². The molecule has 0 spiro atoms. The van der Waals surface area contributed by atoms with Crippen molar-refractivity contribution in [2.45, 2.75) is 39.5 Å². The van der Waals surface area contributed by atoms with Gasteiger partial charge in [0.2, 0.25) is 0 Å². The van der Waals surface area contributed by atoms with Crippen LogP contribution in [0.1, 0.15) is 39.5 Å². The van der Waals surface area contributed by atoms with E-state index in [0.717, 1.165) is 31.3 Å². The Hall–Kier alpha value is -0.590. The van der Waals surface area contributed by atoms with E-state index in [9.17, 15) is 4.79 Å². The Morgan fingerprint density at radius 3 is 2.82 bits per heavy atom. The van der Waals surface area contributed by atoms with E-state index < -0.39 is 0 Å². The van der Waals surface area contributed by atoms with Gasteiger partial charge in [-0.3, -0.25) is 4.79 Å². The van der Waals surface area contributed by atoms with Crippen LogP contribution in [0.3, 0.4) is 0 Å². The molecule has 1 unspecified atom stereocenters. The molecule has 0 amide bonds. The van der Waals surface area contributed by atoms with Gasteiger partial charge in [-0.05, 0) is 30.8 Å². The predicted octanol–water partition coefficient (Wildman–Crippen LogP) is 2.71. The fourth-order valence-electron chi connectivity index (χ4n) is 1.76. The fraction of sp³-hybridized carbons (Fsp3) is 0.700. The quantitative estimate of drug-likeness (QED) is 0.556. The third-order valence-corrected chi connectivity index (χ3v) is 2.40. The molecule has 1 nitrogen and oxygen atoms in total. The standard InChI is InChI=1S/C10H16O/c1-3-5-9-8(4-2)6-7-10(9)11/h5,8H,3-4,6-7H2,1-2H3/b9-5-. The SMILES string of the molecule is CC/C=C1\C(=O)CCC1CC. The Morgan fingerprint density at radius 1 is 1.55 bits per heavy atom. The molecule has 1 rings (SSSR count). The topological polar surface area (TPSA) is 17.1 Å². The van der Waals surface area contributed by atoms with Crippen LogP contribution in [0.4, 0.5) is 0 Å². The molecule has 1 heteroatoms. The number of carbonyl (C=O) groups excluding carboxylic acids is 1. The van der Waals surface area contributed by atoms with Gasteiger partial charge < -0.3 is 0 Å². The first-order valence-corrected chi connectivity index (χ1v) is 4.52. The van der Waals surface area contributed by atoms with Gasteiger partial charge >= 0.3 is 0 Å². The number of carbonyl (C=O) groups is 1. The van der Waals surface area contributed by atoms with E-state index in [2.05, 4.69) is 19.9 Å². The van der Waals surface area contributed by atoms with Gasteiger partial charge in [0.1, 0.15) is 0 Å². The van der Waals surface area contributed by atoms with Crippen molar-refractivity contribution < 1.29 is 4.79 Å². The monoisotopic (exact) mass is 152 g/mol. The Labute approximate surface area is 68.5 Å². The molecule has 0 radical (unpaired) electrons. The molecule has 0 aliphatic heterocycles. The third-order valence-electron chi connectivity index (χ3n) is 2.40. The normalized spacial score (nSPS) is 28.4. The molecule has 0 saturated heterocycles. The van der Waals surface area contributed by atoms with Crippen molar-refractivity contribution in [3.8, 4) is 0 Å². The van der Waals surface area contributed by atoms with Crippen molar-refractivity contribution in [2.75, 3.05) is 0 Å². The van der Waals surface area contributed by atoms with Crippen LogP contribution in [-0.2, 0) is 4.79 Å². The highest BCUT2D eigenvalue weighted by atomic mass is 16.1. The number of Topliss-reactive ketones (excluding diaryl/α,β-unsaturated/α-hetero) is 1. The average Bonchev–Trinajstić information content (AvgIpc) is 2.34. The first kappa shape index (κ1) is 8.51. The second-order valence-corrected chi connectivity index (χ2v) is 3.13. The minimum absolute atomic E-state index is 0.388. The van der Waals surface area contributed by atoms with Gasteiger partial charge in [-0.1, -0.05) is 19.9 Å². The second-order valence-electron chi connectivity index (χ2n) is 3.13. The highest BCUT2D eigenvalue weighted by molar-refractivity contribution is 5.97. The first-order valence-electron chi connectivity index (χ1n) is 4.52. The van der Waals surface area contributed by atoms with E-state index in [0.29, 0.717) is 11.7 Å². The second kappa shape index (κ2) is 3.70. The van der Waals surface area contributed by atoms with Crippen molar-refractivity contribution in [3.63, 3.8) is 0 Å². The number of hydrogen-bond donors (Lipinski definition) is 0. The summed E-state index contributed by atoms with van der Waals surface area (Å²) in [5.41, 5.74) is 1.11. The molecular weight excluding hydrogens is 136 g/mol. The Kier molecular flexibility index (Phi) is 2.86. The van der Waals surface area contributed by atoms with Gasteiger partial charge in [0.15, 0.2) is 5.78 Å². The smallest absolute Gasteiger partial charge is 0.158 e. The van der Waals surface area contributed by atoms with Gasteiger partial charge in [0.05, 0.1) is 0 Å². The molecule has 0 bridgehead atoms. The van der Waals surface area contributed by atoms with Gasteiger partial charge in [-0.15, -0.1) is 0 Å². The Balaban J connectivity index is 2.71. The van der Waals surface area contributed by atoms with Crippen molar-refractivity contribution >= 4 is 5.78 Å². The summed E-state index contributed by atoms with van der Waals surface area (Å²) in [5, 5.41) is 0. The molecule has 1 aliphatic rings. The molecule has 0 aromatic heterocycles. The summed E-state index contributed by atoms with van der Waals surface area (Å²) < 4.78 is 0. The summed E-state index contributed by atoms with van der Waals surface area (Å²) >= 11 is 0. The van der Waals surface area contributed by atoms with Crippen LogP contribution < -0.4 is 0 Å². The Morgan fingerprint density at radius 2 is 2.27 bits per heavy atom. The van der Waals surface area contributed by atoms with Crippen LogP contribution in [0.15, 0.2) is 11.6 Å². The van der Waals surface area contributed by atoms with E-state index in [1.165, 1.54) is 0 Å². The van der Waals surface area contributed by atoms with Crippen molar-refractivity contribution in [3.05, 3.63) is 11.6 Å². The van der Waals surface area contributed by atoms with Crippen molar-refractivity contribution in [1.29, 1.82) is 0 Å². The zero-order valence-corrected chi connectivity index (χ0v) is 7.39. The summed E-state index contributed by atoms with van der Waals surface area (Å²) in [5.74, 6) is 0.959. The third kappa shape index (κ3) is 1.70. The van der Waals surface area contributed by atoms with Crippen LogP contribution in [0.2, 0.25) is 0 Å². The molecule has 1 aliphatic carbocycles. The molecular formula is C10H16O. The predicted molar refractivity (Wildman–Crippen MR) is 46.4 cm³/mol. The van der Waals surface area contributed by atoms with Crippen LogP contribution in [0, 0.1) is 5.92 Å². The number of rotatable bonds is 2. The number of ketones is 1. The Bertz CT molecular complexity index is 179. The van der Waals surface area contributed by atoms with E-state index in [-0.39, 0.29) is 0 Å². The van der Waals surface area contributed by atoms with Gasteiger partial charge in [0.25, 0.3) is 0 Å². The number of hydrogen-bond acceptors (Lipinski definition) is 1. The average molecular weight is 152 g/mol. The largest absolute Gasteiger partial charge is 0.295 e. The maximum atomic E-state index is 11.3. The lowest BCUT2D eigenvalue weighted by Crippen LogP contribution is -1.99. The van der Waals surface area contributed by atoms with Gasteiger partial charge in [-0.25, -0.2) is 0 Å². The molecule has 62 valence electrons. The lowest BCUT2D eigenvalue weighted by molar-refractivity contribution is -0.114. The van der Waals surface area contributed by atoms with E-state index in [1.807, 2.05) is 0 Å². The van der Waals surface area contributed by atoms with E-state index in [1.54, 1.807) is 0 Å². The lowest BCUT2D eigenvalue weighted by atomic mass is 9.99. The summed E-state index contributed by atoms with van der Waals surface area (Å²) in [4.78, 5) is 11.3. The first-order chi connectivity index (χ1) is 5.29. The summed E-state index contributed by atoms with van der Waals surface area (Å²) in [6.07, 6.45) is 6.09. The van der Waals surface area contributed by atoms with E-state index in [4.69, 9.17) is 0 Å². The zero-order chi connectivity index (χ0) is 8.27. The van der Waals surface area contributed by atoms with Crippen LogP contribution >= 0.6 is 0 Å². The molecule has 0 heterocycles. The highest BCUT2D eigenvalue weighted by Crippen LogP contribution is 2.30. The van der Waals surface area contributed by atoms with Crippen molar-refractivity contribution in [1.82, 2.24) is 0 Å². The molecule has 0 aromatic carbocycles. The molecule has 11 heavy (non-hydrogen) atoms. The summed E-state index contributed by atoms with van der Waals surface area (Å²) in [6, 6.07) is 0. The van der Waals surface area contributed by atoms with Gasteiger partial charge in [0, 0.05) is 6.42 Å². The minimum Gasteiger partial charge on any atom is -0.295 e. The molecule has 0 N–H and O–H groups in total. The molecule has 1 atom stereocenters. The number of allylic oxidation sites excluding steroid dienone is 2. The lowest BCUT2D eigenvalue weighted by Gasteiger charge is -2.05. The maximum absolute atomic E-state index is 11.3.